The Kier molecular flexibility index (Phi) is 3.16. The van der Waals surface area contributed by atoms with Crippen LogP contribution in [0.1, 0.15) is 19.5 Å². The molecule has 1 fully saturated rings. The van der Waals surface area contributed by atoms with Gasteiger partial charge in [-0.05, 0) is 26.0 Å². The molecule has 0 saturated carbocycles. The third-order valence-corrected chi connectivity index (χ3v) is 3.64. The van der Waals surface area contributed by atoms with Gasteiger partial charge in [0, 0.05) is 12.7 Å². The highest BCUT2D eigenvalue weighted by molar-refractivity contribution is 5.56. The van der Waals surface area contributed by atoms with Gasteiger partial charge in [0.1, 0.15) is 5.65 Å². The number of nitrogens with zero attached hydrogens (tertiary/aromatic N) is 3. The van der Waals surface area contributed by atoms with Crippen LogP contribution in [0.25, 0.3) is 5.65 Å². The van der Waals surface area contributed by atoms with Crippen molar-refractivity contribution >= 4 is 11.5 Å². The molecule has 19 heavy (non-hydrogen) atoms. The summed E-state index contributed by atoms with van der Waals surface area (Å²) in [6.07, 6.45) is 2.12. The Morgan fingerprint density at radius 3 is 3.05 bits per heavy atom. The smallest absolute Gasteiger partial charge is 0.153 e. The van der Waals surface area contributed by atoms with E-state index in [9.17, 15) is 5.11 Å². The van der Waals surface area contributed by atoms with Crippen LogP contribution in [0.3, 0.4) is 0 Å². The molecule has 0 radical (unpaired) electrons. The molecule has 2 aromatic heterocycles. The maximum Gasteiger partial charge on any atom is 0.153 e. The van der Waals surface area contributed by atoms with E-state index in [0.29, 0.717) is 6.61 Å². The van der Waals surface area contributed by atoms with Crippen LogP contribution < -0.4 is 4.90 Å². The quantitative estimate of drug-likeness (QED) is 0.888. The number of aliphatic hydroxyl groups excluding tert-OH is 1. The minimum Gasteiger partial charge on any atom is -0.390 e. The van der Waals surface area contributed by atoms with E-state index in [1.807, 2.05) is 28.8 Å². The van der Waals surface area contributed by atoms with Crippen LogP contribution in [-0.2, 0) is 11.3 Å². The van der Waals surface area contributed by atoms with E-state index in [4.69, 9.17) is 4.74 Å². The van der Waals surface area contributed by atoms with E-state index >= 15 is 0 Å². The lowest BCUT2D eigenvalue weighted by Crippen LogP contribution is -2.48. The van der Waals surface area contributed by atoms with Gasteiger partial charge < -0.3 is 14.7 Å². The first-order chi connectivity index (χ1) is 9.20. The van der Waals surface area contributed by atoms with Gasteiger partial charge >= 0.3 is 0 Å². The molecule has 2 atom stereocenters. The fraction of sp³-hybridized carbons (Fsp3) is 0.500. The van der Waals surface area contributed by atoms with Gasteiger partial charge in [0.25, 0.3) is 0 Å². The fourth-order valence-corrected chi connectivity index (χ4v) is 2.61. The number of hydrogen-bond donors (Lipinski definition) is 1. The SMILES string of the molecule is CC1CN(c2nc3ccccn3c2CO)C(C)CO1. The molecular formula is C14H19N3O2. The van der Waals surface area contributed by atoms with Gasteiger partial charge in [-0.25, -0.2) is 4.98 Å². The topological polar surface area (TPSA) is 50.0 Å². The molecule has 3 heterocycles. The maximum absolute atomic E-state index is 9.67. The summed E-state index contributed by atoms with van der Waals surface area (Å²) in [5, 5.41) is 9.67. The minimum atomic E-state index is -0.0149. The van der Waals surface area contributed by atoms with Crippen LogP contribution >= 0.6 is 0 Å². The number of rotatable bonds is 2. The lowest BCUT2D eigenvalue weighted by Gasteiger charge is -2.37. The number of fused-ring (bicyclic) bond motifs is 1. The van der Waals surface area contributed by atoms with Gasteiger partial charge in [0.15, 0.2) is 5.82 Å². The summed E-state index contributed by atoms with van der Waals surface area (Å²) >= 11 is 0. The van der Waals surface area contributed by atoms with E-state index in [-0.39, 0.29) is 18.8 Å². The Hall–Kier alpha value is -1.59. The van der Waals surface area contributed by atoms with E-state index in [1.54, 1.807) is 0 Å². The van der Waals surface area contributed by atoms with Crippen LogP contribution in [0.5, 0.6) is 0 Å². The Bertz CT molecular complexity index is 581. The average Bonchev–Trinajstić information content (AvgIpc) is 2.79. The molecule has 1 N–H and O–H groups in total. The van der Waals surface area contributed by atoms with E-state index < -0.39 is 0 Å². The minimum absolute atomic E-state index is 0.0149. The lowest BCUT2D eigenvalue weighted by atomic mass is 10.2. The van der Waals surface area contributed by atoms with Crippen LogP contribution in [0.15, 0.2) is 24.4 Å². The summed E-state index contributed by atoms with van der Waals surface area (Å²) < 4.78 is 7.60. The summed E-state index contributed by atoms with van der Waals surface area (Å²) in [5.74, 6) is 0.872. The second-order valence-corrected chi connectivity index (χ2v) is 5.11. The highest BCUT2D eigenvalue weighted by Crippen LogP contribution is 2.26. The fourth-order valence-electron chi connectivity index (χ4n) is 2.61. The Balaban J connectivity index is 2.08. The molecule has 2 aromatic rings. The van der Waals surface area contributed by atoms with Crippen molar-refractivity contribution in [2.24, 2.45) is 0 Å². The molecule has 1 saturated heterocycles. The average molecular weight is 261 g/mol. The first-order valence-electron chi connectivity index (χ1n) is 6.65. The highest BCUT2D eigenvalue weighted by atomic mass is 16.5. The largest absolute Gasteiger partial charge is 0.390 e. The first-order valence-corrected chi connectivity index (χ1v) is 6.65. The predicted octanol–water partition coefficient (Wildman–Crippen LogP) is 1.44. The maximum atomic E-state index is 9.67. The molecule has 2 unspecified atom stereocenters. The lowest BCUT2D eigenvalue weighted by molar-refractivity contribution is 0.0339. The van der Waals surface area contributed by atoms with Crippen LogP contribution in [0.2, 0.25) is 0 Å². The van der Waals surface area contributed by atoms with Crippen LogP contribution in [-0.4, -0.2) is 39.8 Å². The second-order valence-electron chi connectivity index (χ2n) is 5.11. The van der Waals surface area contributed by atoms with Crippen molar-refractivity contribution in [1.82, 2.24) is 9.38 Å². The number of ether oxygens (including phenoxy) is 1. The molecular weight excluding hydrogens is 242 g/mol. The first kappa shape index (κ1) is 12.4. The van der Waals surface area contributed by atoms with Crippen molar-refractivity contribution in [2.45, 2.75) is 32.6 Å². The molecule has 0 spiro atoms. The summed E-state index contributed by atoms with van der Waals surface area (Å²) in [7, 11) is 0. The number of aliphatic hydroxyl groups is 1. The van der Waals surface area contributed by atoms with Crippen LogP contribution in [0, 0.1) is 0 Å². The molecule has 0 bridgehead atoms. The van der Waals surface area contributed by atoms with E-state index in [1.165, 1.54) is 0 Å². The molecule has 1 aliphatic rings. The molecule has 0 aliphatic carbocycles. The number of anilines is 1. The molecule has 102 valence electrons. The number of pyridine rings is 1. The van der Waals surface area contributed by atoms with Crippen molar-refractivity contribution in [1.29, 1.82) is 0 Å². The van der Waals surface area contributed by atoms with E-state index in [0.717, 1.165) is 23.7 Å². The number of morpholine rings is 1. The zero-order valence-corrected chi connectivity index (χ0v) is 11.3. The van der Waals surface area contributed by atoms with Gasteiger partial charge in [-0.1, -0.05) is 6.07 Å². The molecule has 0 amide bonds. The molecule has 3 rings (SSSR count). The van der Waals surface area contributed by atoms with E-state index in [2.05, 4.69) is 23.7 Å². The third kappa shape index (κ3) is 2.09. The zero-order chi connectivity index (χ0) is 13.4. The summed E-state index contributed by atoms with van der Waals surface area (Å²) in [5.41, 5.74) is 1.71. The van der Waals surface area contributed by atoms with Crippen LogP contribution in [0.4, 0.5) is 5.82 Å². The molecule has 1 aliphatic heterocycles. The van der Waals surface area contributed by atoms with Gasteiger partial charge in [-0.3, -0.25) is 4.40 Å². The molecule has 5 heteroatoms. The Labute approximate surface area is 112 Å². The Morgan fingerprint density at radius 1 is 1.42 bits per heavy atom. The molecule has 0 aromatic carbocycles. The van der Waals surface area contributed by atoms with Gasteiger partial charge in [-0.2, -0.15) is 0 Å². The van der Waals surface area contributed by atoms with Gasteiger partial charge in [0.05, 0.1) is 31.1 Å². The van der Waals surface area contributed by atoms with Crippen molar-refractivity contribution < 1.29 is 9.84 Å². The molecule has 5 nitrogen and oxygen atoms in total. The van der Waals surface area contributed by atoms with Gasteiger partial charge in [0.2, 0.25) is 0 Å². The van der Waals surface area contributed by atoms with Crippen molar-refractivity contribution in [2.75, 3.05) is 18.1 Å². The standard InChI is InChI=1S/C14H19N3O2/c1-10-9-19-11(2)7-17(10)14-12(8-18)16-6-4-3-5-13(16)15-14/h3-6,10-11,18H,7-9H2,1-2H3. The third-order valence-electron chi connectivity index (χ3n) is 3.64. The van der Waals surface area contributed by atoms with Crippen molar-refractivity contribution in [3.63, 3.8) is 0 Å². The van der Waals surface area contributed by atoms with Gasteiger partial charge in [-0.15, -0.1) is 0 Å². The summed E-state index contributed by atoms with van der Waals surface area (Å²) in [6.45, 7) is 5.67. The monoisotopic (exact) mass is 261 g/mol. The summed E-state index contributed by atoms with van der Waals surface area (Å²) in [6, 6.07) is 6.13. The number of aromatic nitrogens is 2. The zero-order valence-electron chi connectivity index (χ0n) is 11.3. The van der Waals surface area contributed by atoms with Crippen molar-refractivity contribution in [3.8, 4) is 0 Å². The number of imidazole rings is 1. The van der Waals surface area contributed by atoms with Crippen molar-refractivity contribution in [3.05, 3.63) is 30.1 Å². The summed E-state index contributed by atoms with van der Waals surface area (Å²) in [4.78, 5) is 6.89. The Morgan fingerprint density at radius 2 is 2.26 bits per heavy atom. The normalized spacial score (nSPS) is 24.1. The highest BCUT2D eigenvalue weighted by Gasteiger charge is 2.27. The second kappa shape index (κ2) is 4.83. The number of hydrogen-bond acceptors (Lipinski definition) is 4. The predicted molar refractivity (Wildman–Crippen MR) is 73.3 cm³/mol.